The molecule has 2 aromatic rings. The first-order valence-electron chi connectivity index (χ1n) is 13.3. The molecule has 1 heterocycles. The third-order valence-corrected chi connectivity index (χ3v) is 7.99. The monoisotopic (exact) mass is 505 g/mol. The van der Waals surface area contributed by atoms with E-state index >= 15 is 0 Å². The number of anilines is 1. The van der Waals surface area contributed by atoms with Crippen LogP contribution in [0.5, 0.6) is 0 Å². The lowest BCUT2D eigenvalue weighted by Crippen LogP contribution is -2.43. The molecule has 2 aromatic carbocycles. The molecule has 1 atom stereocenters. The van der Waals surface area contributed by atoms with Crippen LogP contribution >= 0.6 is 0 Å². The Hall–Kier alpha value is -3.35. The van der Waals surface area contributed by atoms with E-state index in [1.807, 2.05) is 48.2 Å². The summed E-state index contributed by atoms with van der Waals surface area (Å²) in [7, 11) is 0. The molecule has 1 saturated carbocycles. The van der Waals surface area contributed by atoms with Gasteiger partial charge in [-0.15, -0.1) is 0 Å². The van der Waals surface area contributed by atoms with E-state index < -0.39 is 5.97 Å². The third-order valence-electron chi connectivity index (χ3n) is 7.99. The summed E-state index contributed by atoms with van der Waals surface area (Å²) in [5.74, 6) is -0.586. The highest BCUT2D eigenvalue weighted by atomic mass is 16.4. The summed E-state index contributed by atoms with van der Waals surface area (Å²) < 4.78 is 0. The number of amides is 3. The Kier molecular flexibility index (Phi) is 7.90. The molecule has 37 heavy (non-hydrogen) atoms. The fourth-order valence-corrected chi connectivity index (χ4v) is 5.69. The highest BCUT2D eigenvalue weighted by Crippen LogP contribution is 2.43. The first kappa shape index (κ1) is 26.7. The van der Waals surface area contributed by atoms with E-state index in [-0.39, 0.29) is 42.4 Å². The van der Waals surface area contributed by atoms with Gasteiger partial charge in [0.05, 0.1) is 19.0 Å². The van der Waals surface area contributed by atoms with Crippen molar-refractivity contribution in [2.45, 2.75) is 71.9 Å². The van der Waals surface area contributed by atoms with Crippen molar-refractivity contribution in [3.63, 3.8) is 0 Å². The maximum atomic E-state index is 13.8. The van der Waals surface area contributed by atoms with Gasteiger partial charge < -0.3 is 15.3 Å². The van der Waals surface area contributed by atoms with Gasteiger partial charge >= 0.3 is 12.0 Å². The molecule has 198 valence electrons. The number of urea groups is 1. The summed E-state index contributed by atoms with van der Waals surface area (Å²) >= 11 is 0. The molecule has 1 unspecified atom stereocenters. The molecule has 4 rings (SSSR count). The lowest BCUT2D eigenvalue weighted by Gasteiger charge is -2.41. The Balaban J connectivity index is 1.55. The molecular weight excluding hydrogens is 466 g/mol. The number of hydrogen-bond acceptors (Lipinski definition) is 3. The molecule has 1 saturated heterocycles. The molecule has 1 aliphatic carbocycles. The maximum absolute atomic E-state index is 13.8. The predicted octanol–water partition coefficient (Wildman–Crippen LogP) is 5.79. The van der Waals surface area contributed by atoms with Gasteiger partial charge in [-0.2, -0.15) is 0 Å². The van der Waals surface area contributed by atoms with Crippen LogP contribution in [0.2, 0.25) is 0 Å². The zero-order chi connectivity index (χ0) is 26.7. The van der Waals surface area contributed by atoms with Gasteiger partial charge in [-0.25, -0.2) is 4.79 Å². The van der Waals surface area contributed by atoms with Crippen molar-refractivity contribution in [2.75, 3.05) is 18.0 Å². The standard InChI is InChI=1S/C30H39N3O4/c1-20-5-13-24(14-6-20)32-19-26(21-7-9-22(10-8-21)28(36)31-18-17-27(34)35)33(29(32)37)25-15-11-23(12-16-25)30(2,3)4/h5-10,13-14,23,25-26H,11-12,15-19H2,1-4H3,(H,31,36)(H,34,35). The summed E-state index contributed by atoms with van der Waals surface area (Å²) in [5.41, 5.74) is 3.81. The molecule has 1 aliphatic heterocycles. The van der Waals surface area contributed by atoms with Crippen LogP contribution in [0.15, 0.2) is 48.5 Å². The number of nitrogens with zero attached hydrogens (tertiary/aromatic N) is 2. The molecule has 0 radical (unpaired) electrons. The molecule has 0 aromatic heterocycles. The Bertz CT molecular complexity index is 1110. The topological polar surface area (TPSA) is 89.9 Å². The SMILES string of the molecule is Cc1ccc(N2CC(c3ccc(C(=O)NCCC(=O)O)cc3)N(C3CCC(C(C)(C)C)CC3)C2=O)cc1. The second kappa shape index (κ2) is 11.0. The van der Waals surface area contributed by atoms with Crippen LogP contribution in [-0.2, 0) is 4.79 Å². The number of benzene rings is 2. The minimum Gasteiger partial charge on any atom is -0.481 e. The summed E-state index contributed by atoms with van der Waals surface area (Å²) in [6.07, 6.45) is 4.11. The first-order chi connectivity index (χ1) is 17.5. The Labute approximate surface area is 219 Å². The van der Waals surface area contributed by atoms with E-state index in [0.29, 0.717) is 18.0 Å². The van der Waals surface area contributed by atoms with Crippen molar-refractivity contribution >= 4 is 23.6 Å². The van der Waals surface area contributed by atoms with E-state index in [4.69, 9.17) is 5.11 Å². The van der Waals surface area contributed by atoms with E-state index in [1.165, 1.54) is 0 Å². The van der Waals surface area contributed by atoms with Gasteiger partial charge in [0.15, 0.2) is 0 Å². The third kappa shape index (κ3) is 6.14. The summed E-state index contributed by atoms with van der Waals surface area (Å²) in [6, 6.07) is 15.6. The number of carboxylic acids is 1. The number of carboxylic acid groups (broad SMARTS) is 1. The zero-order valence-electron chi connectivity index (χ0n) is 22.4. The van der Waals surface area contributed by atoms with Crippen LogP contribution in [0, 0.1) is 18.3 Å². The average Bonchev–Trinajstić information content (AvgIpc) is 3.20. The number of nitrogens with one attached hydrogen (secondary N) is 1. The van der Waals surface area contributed by atoms with E-state index in [0.717, 1.165) is 42.5 Å². The smallest absolute Gasteiger partial charge is 0.325 e. The first-order valence-corrected chi connectivity index (χ1v) is 13.3. The van der Waals surface area contributed by atoms with Crippen molar-refractivity contribution in [1.29, 1.82) is 0 Å². The second-order valence-corrected chi connectivity index (χ2v) is 11.5. The van der Waals surface area contributed by atoms with Crippen molar-refractivity contribution in [3.05, 3.63) is 65.2 Å². The van der Waals surface area contributed by atoms with Crippen LogP contribution in [0.3, 0.4) is 0 Å². The average molecular weight is 506 g/mol. The predicted molar refractivity (Wildman–Crippen MR) is 145 cm³/mol. The van der Waals surface area contributed by atoms with Gasteiger partial charge in [0.1, 0.15) is 0 Å². The lowest BCUT2D eigenvalue weighted by molar-refractivity contribution is -0.136. The summed E-state index contributed by atoms with van der Waals surface area (Å²) in [4.78, 5) is 40.9. The number of hydrogen-bond donors (Lipinski definition) is 2. The molecule has 2 aliphatic rings. The highest BCUT2D eigenvalue weighted by molar-refractivity contribution is 5.96. The Morgan fingerprint density at radius 3 is 2.16 bits per heavy atom. The highest BCUT2D eigenvalue weighted by Gasteiger charge is 2.44. The lowest BCUT2D eigenvalue weighted by atomic mass is 9.71. The second-order valence-electron chi connectivity index (χ2n) is 11.5. The molecule has 2 N–H and O–H groups in total. The number of aliphatic carboxylic acids is 1. The van der Waals surface area contributed by atoms with Gasteiger partial charge in [-0.3, -0.25) is 14.5 Å². The van der Waals surface area contributed by atoms with Crippen LogP contribution in [-0.4, -0.2) is 47.0 Å². The summed E-state index contributed by atoms with van der Waals surface area (Å²) in [5, 5.41) is 11.4. The molecule has 7 heteroatoms. The van der Waals surface area contributed by atoms with Crippen molar-refractivity contribution in [3.8, 4) is 0 Å². The van der Waals surface area contributed by atoms with Crippen molar-refractivity contribution in [2.24, 2.45) is 11.3 Å². The van der Waals surface area contributed by atoms with Gasteiger partial charge in [0, 0.05) is 23.8 Å². The molecular formula is C30H39N3O4. The minimum absolute atomic E-state index is 0.0450. The largest absolute Gasteiger partial charge is 0.481 e. The van der Waals surface area contributed by atoms with Crippen molar-refractivity contribution < 1.29 is 19.5 Å². The number of carbonyl (C=O) groups excluding carboxylic acids is 2. The van der Waals surface area contributed by atoms with Gasteiger partial charge in [0.2, 0.25) is 0 Å². The van der Waals surface area contributed by atoms with Crippen LogP contribution in [0.25, 0.3) is 0 Å². The Morgan fingerprint density at radius 1 is 0.973 bits per heavy atom. The summed E-state index contributed by atoms with van der Waals surface area (Å²) in [6.45, 7) is 9.60. The fraction of sp³-hybridized carbons (Fsp3) is 0.500. The number of rotatable bonds is 7. The fourth-order valence-electron chi connectivity index (χ4n) is 5.69. The number of carbonyl (C=O) groups is 3. The van der Waals surface area contributed by atoms with Gasteiger partial charge in [0.25, 0.3) is 5.91 Å². The normalized spacial score (nSPS) is 22.3. The van der Waals surface area contributed by atoms with E-state index in [2.05, 4.69) is 31.0 Å². The van der Waals surface area contributed by atoms with Crippen LogP contribution < -0.4 is 10.2 Å². The van der Waals surface area contributed by atoms with Crippen LogP contribution in [0.1, 0.15) is 80.4 Å². The van der Waals surface area contributed by atoms with Gasteiger partial charge in [-0.05, 0) is 73.8 Å². The Morgan fingerprint density at radius 2 is 1.59 bits per heavy atom. The minimum atomic E-state index is -0.948. The molecule has 3 amide bonds. The van der Waals surface area contributed by atoms with Crippen LogP contribution in [0.4, 0.5) is 10.5 Å². The molecule has 7 nitrogen and oxygen atoms in total. The number of aryl methyl sites for hydroxylation is 1. The molecule has 0 spiro atoms. The van der Waals surface area contributed by atoms with Gasteiger partial charge in [-0.1, -0.05) is 50.6 Å². The van der Waals surface area contributed by atoms with E-state index in [1.54, 1.807) is 12.1 Å². The van der Waals surface area contributed by atoms with E-state index in [9.17, 15) is 14.4 Å². The van der Waals surface area contributed by atoms with Crippen molar-refractivity contribution in [1.82, 2.24) is 10.2 Å². The quantitative estimate of drug-likeness (QED) is 0.499. The maximum Gasteiger partial charge on any atom is 0.325 e. The molecule has 2 fully saturated rings. The zero-order valence-corrected chi connectivity index (χ0v) is 22.4. The molecule has 0 bridgehead atoms.